The Kier molecular flexibility index (Phi) is 1.38. The van der Waals surface area contributed by atoms with Gasteiger partial charge in [0.05, 0.1) is 12.9 Å². The van der Waals surface area contributed by atoms with E-state index in [0.29, 0.717) is 9.88 Å². The topological polar surface area (TPSA) is 57.4 Å². The van der Waals surface area contributed by atoms with Crippen LogP contribution >= 0.6 is 0 Å². The summed E-state index contributed by atoms with van der Waals surface area (Å²) in [7, 11) is 1.01. The highest BCUT2D eigenvalue weighted by Gasteiger charge is 2.22. The van der Waals surface area contributed by atoms with E-state index in [0.717, 1.165) is 13.2 Å². The fraction of sp³-hybridized carbons (Fsp3) is 0.438. The summed E-state index contributed by atoms with van der Waals surface area (Å²) in [5.74, 6) is 0. The number of H-pyrrole nitrogens is 1. The first-order chi connectivity index (χ1) is 15.7. The van der Waals surface area contributed by atoms with E-state index in [-0.39, 0.29) is 21.8 Å². The van der Waals surface area contributed by atoms with Gasteiger partial charge in [-0.1, -0.05) is 6.04 Å². The number of alkyl carbamates (subject to hydrolysis) is 1. The minimum Gasteiger partial charge on any atom is -0.447 e. The van der Waals surface area contributed by atoms with Crippen LogP contribution in [0.1, 0.15) is 27.6 Å². The molecule has 2 aromatic rings. The number of aryl methyl sites for hydroxylation is 1. The van der Waals surface area contributed by atoms with Crippen molar-refractivity contribution in [1.82, 2.24) is 15.2 Å². The number of hydrogen-bond donors (Lipinski definition) is 2. The molecule has 0 spiro atoms. The number of hydrogen-bond acceptors (Lipinski definition) is 3. The number of likely N-dealkylation sites (N-methyl/N-ethyl adjacent to an activating group) is 1. The molecule has 5 nitrogen and oxygen atoms in total. The third-order valence-electron chi connectivity index (χ3n) is 2.74. The number of fused-ring (bicyclic) bond motifs is 1. The molecule has 0 unspecified atom stereocenters. The highest BCUT2D eigenvalue weighted by molar-refractivity contribution is 5.84. The minimum absolute atomic E-state index is 0.0901. The Morgan fingerprint density at radius 2 is 2.62 bits per heavy atom. The first-order valence-electron chi connectivity index (χ1n) is 12.9. The number of aromatic nitrogens is 1. The first kappa shape index (κ1) is 5.02. The van der Waals surface area contributed by atoms with E-state index in [1.807, 2.05) is 0 Å². The fourth-order valence-electron chi connectivity index (χ4n) is 1.81. The van der Waals surface area contributed by atoms with Gasteiger partial charge in [-0.2, -0.15) is 0 Å². The van der Waals surface area contributed by atoms with E-state index in [4.69, 9.17) is 19.3 Å². The third-order valence-corrected chi connectivity index (χ3v) is 2.74. The summed E-state index contributed by atoms with van der Waals surface area (Å²) in [4.78, 5) is 12.8. The van der Waals surface area contributed by atoms with Gasteiger partial charge in [0, 0.05) is 33.2 Å². The lowest BCUT2D eigenvalue weighted by molar-refractivity contribution is 0.177. The smallest absolute Gasteiger partial charge is 0.407 e. The van der Waals surface area contributed by atoms with Crippen LogP contribution in [0.4, 0.5) is 4.79 Å². The van der Waals surface area contributed by atoms with Gasteiger partial charge in [-0.05, 0) is 50.0 Å². The van der Waals surface area contributed by atoms with Crippen LogP contribution in [0, 0.1) is 0 Å². The Hall–Kier alpha value is -2.01. The highest BCUT2D eigenvalue weighted by atomic mass is 16.6. The van der Waals surface area contributed by atoms with Crippen LogP contribution in [-0.2, 0) is 17.5 Å². The molecule has 112 valence electrons. The van der Waals surface area contributed by atoms with Crippen molar-refractivity contribution in [2.24, 2.45) is 0 Å². The standard InChI is InChI=1S/C16H21N3O2/c1-19(2)6-5-12-9-17-15-4-3-11(8-14(12)15)7-13-10-21-16(20)18-13/h3-4,8-9,13,17H,5-7,10H2,1-2H3,(H,18,20)/t13-/m0/s1/i1D3,3D,4D,6D2,7D2,8D,10D2/hD2. The predicted octanol–water partition coefficient (Wildman–Crippen LogP) is 1.92. The lowest BCUT2D eigenvalue weighted by atomic mass is 10.0. The largest absolute Gasteiger partial charge is 0.447 e. The first-order valence-corrected chi connectivity index (χ1v) is 6.04. The molecule has 0 radical (unpaired) electrons. The number of ether oxygens (including phenoxy) is 1. The predicted molar refractivity (Wildman–Crippen MR) is 82.5 cm³/mol. The second-order valence-corrected chi connectivity index (χ2v) is 4.31. The number of carbonyl (C=O) groups excluding carboxylic acids is 1. The molecule has 1 fully saturated rings. The van der Waals surface area contributed by atoms with Crippen molar-refractivity contribution in [3.8, 4) is 0 Å². The molecular weight excluding hydrogens is 266 g/mol. The zero-order valence-electron chi connectivity index (χ0n) is 25.0. The van der Waals surface area contributed by atoms with Gasteiger partial charge in [0.2, 0.25) is 0 Å². The maximum Gasteiger partial charge on any atom is 0.407 e. The quantitative estimate of drug-likeness (QED) is 0.887. The maximum atomic E-state index is 11.7. The van der Waals surface area contributed by atoms with Crippen molar-refractivity contribution in [3.05, 3.63) is 35.5 Å². The lowest BCUT2D eigenvalue weighted by Gasteiger charge is -2.09. The molecule has 0 saturated carbocycles. The van der Waals surface area contributed by atoms with Crippen molar-refractivity contribution < 1.29 is 28.8 Å². The number of carbonyl (C=O) groups is 1. The summed E-state index contributed by atoms with van der Waals surface area (Å²) in [5.41, 5.74) is -1.33. The monoisotopic (exact) mass is 301 g/mol. The van der Waals surface area contributed by atoms with Gasteiger partial charge < -0.3 is 19.9 Å². The van der Waals surface area contributed by atoms with Crippen molar-refractivity contribution in [2.75, 3.05) is 27.1 Å². The lowest BCUT2D eigenvalue weighted by Crippen LogP contribution is -2.28. The van der Waals surface area contributed by atoms with Crippen LogP contribution in [0.2, 0.25) is 2.82 Å². The van der Waals surface area contributed by atoms with Gasteiger partial charge in [-0.25, -0.2) is 4.79 Å². The molecule has 2 heterocycles. The number of nitrogens with zero attached hydrogens (tertiary/aromatic N) is 1. The number of benzene rings is 1. The zero-order valence-corrected chi connectivity index (χ0v) is 11.0. The summed E-state index contributed by atoms with van der Waals surface area (Å²) >= 11 is 0. The Bertz CT molecular complexity index is 1190. The van der Waals surface area contributed by atoms with E-state index in [9.17, 15) is 4.79 Å². The van der Waals surface area contributed by atoms with Gasteiger partial charge in [-0.15, -0.1) is 0 Å². The number of aromatic amines is 1. The average Bonchev–Trinajstić information content (AvgIpc) is 3.09. The van der Waals surface area contributed by atoms with Gasteiger partial charge >= 0.3 is 6.09 Å². The van der Waals surface area contributed by atoms with Gasteiger partial charge in [0.1, 0.15) is 6.56 Å². The Labute approximate surface area is 144 Å². The van der Waals surface area contributed by atoms with Gasteiger partial charge in [-0.3, -0.25) is 0 Å². The summed E-state index contributed by atoms with van der Waals surface area (Å²) < 4.78 is 117. The van der Waals surface area contributed by atoms with Crippen LogP contribution in [-0.4, -0.2) is 49.1 Å². The molecule has 1 saturated heterocycles. The Balaban J connectivity index is 2.28. The van der Waals surface area contributed by atoms with Crippen molar-refractivity contribution >= 4 is 17.0 Å². The molecule has 3 rings (SSSR count). The third kappa shape index (κ3) is 3.19. The summed E-state index contributed by atoms with van der Waals surface area (Å²) in [6.45, 7) is -8.39. The maximum absolute atomic E-state index is 11.7. The molecule has 1 atom stereocenters. The molecule has 5 heteroatoms. The number of amides is 1. The zero-order chi connectivity index (χ0) is 27.0. The molecule has 21 heavy (non-hydrogen) atoms. The van der Waals surface area contributed by atoms with Gasteiger partial charge in [0.25, 0.3) is 0 Å². The molecular formula is C16H21N3O2. The molecule has 1 aromatic carbocycles. The molecule has 1 amide bonds. The molecule has 0 aliphatic carbocycles. The van der Waals surface area contributed by atoms with Crippen LogP contribution in [0.15, 0.2) is 24.3 Å². The summed E-state index contributed by atoms with van der Waals surface area (Å²) in [5, 5.41) is -0.405. The number of rotatable bonds is 5. The normalized spacial score (nSPS) is 32.8. The summed E-state index contributed by atoms with van der Waals surface area (Å²) in [6, 6.07) is -4.68. The second-order valence-electron chi connectivity index (χ2n) is 4.31. The van der Waals surface area contributed by atoms with E-state index >= 15 is 0 Å². The molecule has 1 aliphatic rings. The second kappa shape index (κ2) is 5.77. The SMILES string of the molecule is [2H]c1c(C([2H])([2H])[C@@H]2N([2H])C(=O)OC2([2H])[2H])c([2H])c2c(CC([2H])([2H])N(C)C([2H])([2H])[2H])cn([2H])c2c1[2H]. The van der Waals surface area contributed by atoms with E-state index in [2.05, 4.69) is 4.74 Å². The Morgan fingerprint density at radius 1 is 1.71 bits per heavy atom. The van der Waals surface area contributed by atoms with Crippen molar-refractivity contribution in [3.63, 3.8) is 0 Å². The number of cyclic esters (lactones) is 1. The van der Waals surface area contributed by atoms with Crippen LogP contribution < -0.4 is 5.31 Å². The van der Waals surface area contributed by atoms with E-state index in [1.54, 1.807) is 0 Å². The molecule has 0 bridgehead atoms. The molecule has 1 aromatic heterocycles. The average molecular weight is 301 g/mol. The van der Waals surface area contributed by atoms with Crippen LogP contribution in [0.25, 0.3) is 10.9 Å². The number of nitrogens with one attached hydrogen (secondary N) is 2. The van der Waals surface area contributed by atoms with Crippen molar-refractivity contribution in [2.45, 2.75) is 18.8 Å². The van der Waals surface area contributed by atoms with Gasteiger partial charge in [0.15, 0.2) is 2.82 Å². The summed E-state index contributed by atoms with van der Waals surface area (Å²) in [6.07, 6.45) is -4.27. The van der Waals surface area contributed by atoms with Crippen molar-refractivity contribution in [1.29, 1.82) is 0 Å². The van der Waals surface area contributed by atoms with E-state index < -0.39 is 68.7 Å². The fourth-order valence-corrected chi connectivity index (χ4v) is 1.81. The van der Waals surface area contributed by atoms with E-state index in [1.165, 1.54) is 0 Å². The molecule has 2 N–H and O–H groups in total. The molecule has 1 aliphatic heterocycles. The Morgan fingerprint density at radius 3 is 3.38 bits per heavy atom. The van der Waals surface area contributed by atoms with Crippen LogP contribution in [0.3, 0.4) is 0 Å². The van der Waals surface area contributed by atoms with Crippen LogP contribution in [0.5, 0.6) is 0 Å². The minimum atomic E-state index is -3.11. The highest BCUT2D eigenvalue weighted by Crippen LogP contribution is 2.21.